The van der Waals surface area contributed by atoms with Crippen LogP contribution in [0.2, 0.25) is 0 Å². The van der Waals surface area contributed by atoms with Crippen molar-refractivity contribution in [3.8, 4) is 5.75 Å². The highest BCUT2D eigenvalue weighted by molar-refractivity contribution is 8.76. The van der Waals surface area contributed by atoms with Gasteiger partial charge in [0.1, 0.15) is 60.8 Å². The minimum absolute atomic E-state index is 0.00394. The van der Waals surface area contributed by atoms with Crippen LogP contribution in [0.5, 0.6) is 5.75 Å². The standard InChI is InChI=1S/C64H100N8O19S2/c1-16-37(8)51-49(73)32-50(74)91-54(36(6)7)53(75)38(9)55(76)66-43(29-34(2)3)59(80)72-26-18-20-46(72)61(82)70(14)48(31-41-21-23-42(87-15)24-22-41)63(85)89-39(10)52(57(78)67-51)68-56(77)47(30-35(4)5)69(13)60(81)45-19-17-25-71(45)58(79)40(11)90-64(86)88-27-28-92-93-33-44(65-12)62(83)84/h21-24,34-40,43-49,51-52,54,65,73H,16-20,25-33H2,1-15H3,(H,66,76)(H,67,78)(H,68,77)(H,83,84)/t37-,38-,39+,40-,43-,44-,45-,46-,47+,48-,49-,51+,52-,54-/m0/s1. The van der Waals surface area contributed by atoms with Gasteiger partial charge in [-0.05, 0) is 108 Å². The number of carboxylic acids is 1. The number of ketones is 1. The molecule has 4 rings (SSSR count). The van der Waals surface area contributed by atoms with Gasteiger partial charge < -0.3 is 74.8 Å². The Hall–Kier alpha value is -6.72. The first-order valence-electron chi connectivity index (χ1n) is 32.1. The van der Waals surface area contributed by atoms with Gasteiger partial charge in [0.2, 0.25) is 35.4 Å². The third-order valence-electron chi connectivity index (χ3n) is 17.1. The Balaban J connectivity index is 1.77. The molecule has 0 aliphatic carbocycles. The number of likely N-dealkylation sites (N-methyl/N-ethyl adjacent to an activating group) is 3. The van der Waals surface area contributed by atoms with Crippen LogP contribution in [0.25, 0.3) is 0 Å². The molecule has 522 valence electrons. The molecule has 3 aliphatic heterocycles. The largest absolute Gasteiger partial charge is 0.509 e. The van der Waals surface area contributed by atoms with Gasteiger partial charge in [-0.2, -0.15) is 0 Å². The number of rotatable bonds is 24. The molecule has 29 heteroatoms. The molecule has 6 N–H and O–H groups in total. The predicted octanol–water partition coefficient (Wildman–Crippen LogP) is 3.53. The lowest BCUT2D eigenvalue weighted by atomic mass is 9.91. The molecule has 3 saturated heterocycles. The average Bonchev–Trinajstić information content (AvgIpc) is 1.81. The van der Waals surface area contributed by atoms with E-state index < -0.39 is 168 Å². The van der Waals surface area contributed by atoms with Crippen molar-refractivity contribution < 1.29 is 91.4 Å². The number of aliphatic hydroxyl groups is 1. The normalized spacial score (nSPS) is 25.5. The quantitative estimate of drug-likeness (QED) is 0.0283. The van der Waals surface area contributed by atoms with E-state index in [1.54, 1.807) is 65.8 Å². The van der Waals surface area contributed by atoms with Crippen LogP contribution in [0.4, 0.5) is 4.79 Å². The molecule has 1 aromatic rings. The topological polar surface area (TPSA) is 353 Å². The van der Waals surface area contributed by atoms with Crippen molar-refractivity contribution in [1.82, 2.24) is 40.9 Å². The highest BCUT2D eigenvalue weighted by atomic mass is 33.1. The number of carboxylic acid groups (broad SMARTS) is 1. The van der Waals surface area contributed by atoms with Crippen LogP contribution in [0, 0.1) is 29.6 Å². The Morgan fingerprint density at radius 1 is 0.860 bits per heavy atom. The Morgan fingerprint density at radius 2 is 1.52 bits per heavy atom. The van der Waals surface area contributed by atoms with Crippen molar-refractivity contribution in [3.05, 3.63) is 29.8 Å². The zero-order valence-electron chi connectivity index (χ0n) is 56.5. The Kier molecular flexibility index (Phi) is 31.7. The molecule has 0 unspecified atom stereocenters. The van der Waals surface area contributed by atoms with Crippen molar-refractivity contribution in [2.24, 2.45) is 29.6 Å². The number of benzene rings is 1. The minimum atomic E-state index is -1.83. The van der Waals surface area contributed by atoms with Crippen LogP contribution in [-0.2, 0) is 78.1 Å². The third kappa shape index (κ3) is 22.5. The molecule has 0 spiro atoms. The highest BCUT2D eigenvalue weighted by Crippen LogP contribution is 2.28. The number of hydrogen-bond acceptors (Lipinski definition) is 21. The maximum absolute atomic E-state index is 15.2. The minimum Gasteiger partial charge on any atom is -0.497 e. The number of carbonyl (C=O) groups excluding carboxylic acids is 11. The molecule has 0 radical (unpaired) electrons. The zero-order valence-corrected chi connectivity index (χ0v) is 58.1. The van der Waals surface area contributed by atoms with Crippen molar-refractivity contribution in [2.45, 2.75) is 207 Å². The molecule has 3 fully saturated rings. The monoisotopic (exact) mass is 1350 g/mol. The Morgan fingerprint density at radius 3 is 2.11 bits per heavy atom. The van der Waals surface area contributed by atoms with Crippen LogP contribution in [0.3, 0.4) is 0 Å². The number of aliphatic hydroxyl groups excluding tert-OH is 1. The number of nitrogens with one attached hydrogen (secondary N) is 4. The summed E-state index contributed by atoms with van der Waals surface area (Å²) >= 11 is 0. The number of amides is 7. The number of hydrogen-bond donors (Lipinski definition) is 6. The van der Waals surface area contributed by atoms with E-state index in [1.165, 1.54) is 80.4 Å². The van der Waals surface area contributed by atoms with Crippen molar-refractivity contribution in [1.29, 1.82) is 0 Å². The van der Waals surface area contributed by atoms with E-state index in [2.05, 4.69) is 21.3 Å². The van der Waals surface area contributed by atoms with Gasteiger partial charge in [-0.1, -0.05) is 95.5 Å². The smallest absolute Gasteiger partial charge is 0.497 e. The van der Waals surface area contributed by atoms with Crippen molar-refractivity contribution >= 4 is 92.8 Å². The lowest BCUT2D eigenvalue weighted by Gasteiger charge is -2.36. The van der Waals surface area contributed by atoms with Crippen LogP contribution in [0.1, 0.15) is 133 Å². The van der Waals surface area contributed by atoms with Gasteiger partial charge in [-0.25, -0.2) is 9.59 Å². The Bertz CT molecular complexity index is 2760. The average molecular weight is 1350 g/mol. The predicted molar refractivity (Wildman–Crippen MR) is 346 cm³/mol. The summed E-state index contributed by atoms with van der Waals surface area (Å²) in [6.07, 6.45) is -6.72. The summed E-state index contributed by atoms with van der Waals surface area (Å²) in [5, 5.41) is 32.1. The summed E-state index contributed by atoms with van der Waals surface area (Å²) in [7, 11) is 8.30. The molecule has 0 saturated carbocycles. The first kappa shape index (κ1) is 78.7. The number of methoxy groups -OCH3 is 1. The lowest BCUT2D eigenvalue weighted by molar-refractivity contribution is -0.163. The second kappa shape index (κ2) is 37.4. The molecular formula is C64H100N8O19S2. The van der Waals surface area contributed by atoms with Gasteiger partial charge in [0.25, 0.3) is 5.91 Å². The molecule has 27 nitrogen and oxygen atoms in total. The molecular weight excluding hydrogens is 1250 g/mol. The summed E-state index contributed by atoms with van der Waals surface area (Å²) in [5.41, 5.74) is 0.546. The number of carbonyl (C=O) groups is 12. The summed E-state index contributed by atoms with van der Waals surface area (Å²) in [6.45, 7) is 18.0. The van der Waals surface area contributed by atoms with Crippen molar-refractivity contribution in [3.63, 3.8) is 0 Å². The van der Waals surface area contributed by atoms with Crippen LogP contribution in [-0.4, -0.2) is 233 Å². The SMILES string of the molecule is CC[C@H](C)[C@H]1NC(=O)[C@@H](NC(=O)[C@@H](CC(C)C)N(C)C(=O)[C@@H]2CCCN2C(=O)[C@H](C)OC(=O)OCCSSC[C@H](NC)C(=O)O)[C@@H](C)OC(=O)[C@H](Cc2ccc(OC)cc2)N(C)C(=O)[C@@H]2CCCN2C(=O)[C@H](CC(C)C)NC(=O)[C@@H](C)C(=O)[C@H](C(C)C)OC(=O)C[C@@H]1O. The summed E-state index contributed by atoms with van der Waals surface area (Å²) in [6, 6.07) is -3.45. The first-order valence-corrected chi connectivity index (χ1v) is 34.5. The van der Waals surface area contributed by atoms with Gasteiger partial charge in [0.05, 0.1) is 31.6 Å². The van der Waals surface area contributed by atoms with E-state index in [0.717, 1.165) is 9.80 Å². The fraction of sp³-hybridized carbons (Fsp3) is 0.719. The number of fused-ring (bicyclic) bond motifs is 1. The number of cyclic esters (lactones) is 2. The molecule has 3 heterocycles. The number of esters is 2. The molecule has 14 atom stereocenters. The molecule has 7 amide bonds. The lowest BCUT2D eigenvalue weighted by Crippen LogP contribution is -2.62. The number of ether oxygens (including phenoxy) is 5. The summed E-state index contributed by atoms with van der Waals surface area (Å²) < 4.78 is 27.8. The molecule has 3 aliphatic rings. The molecule has 0 bridgehead atoms. The second-order valence-electron chi connectivity index (χ2n) is 25.4. The van der Waals surface area contributed by atoms with Gasteiger partial charge in [-0.15, -0.1) is 0 Å². The molecule has 93 heavy (non-hydrogen) atoms. The first-order chi connectivity index (χ1) is 43.8. The van der Waals surface area contributed by atoms with Gasteiger partial charge in [-0.3, -0.25) is 47.9 Å². The molecule has 1 aromatic carbocycles. The number of likely N-dealkylation sites (tertiary alicyclic amines) is 1. The van der Waals surface area contributed by atoms with E-state index in [4.69, 9.17) is 23.7 Å². The van der Waals surface area contributed by atoms with E-state index in [9.17, 15) is 48.6 Å². The maximum Gasteiger partial charge on any atom is 0.509 e. The van der Waals surface area contributed by atoms with Gasteiger partial charge in [0.15, 0.2) is 18.0 Å². The summed E-state index contributed by atoms with van der Waals surface area (Å²) in [4.78, 5) is 175. The maximum atomic E-state index is 15.2. The van der Waals surface area contributed by atoms with Crippen LogP contribution in [0.15, 0.2) is 24.3 Å². The Labute approximate surface area is 554 Å². The zero-order chi connectivity index (χ0) is 69.7. The second-order valence-corrected chi connectivity index (χ2v) is 28.1. The van der Waals surface area contributed by atoms with Crippen LogP contribution >= 0.6 is 21.6 Å². The third-order valence-corrected chi connectivity index (χ3v) is 19.5. The fourth-order valence-corrected chi connectivity index (χ4v) is 13.4. The van der Waals surface area contributed by atoms with E-state index >= 15 is 19.2 Å². The van der Waals surface area contributed by atoms with Crippen molar-refractivity contribution in [2.75, 3.05) is 59.5 Å². The van der Waals surface area contributed by atoms with Gasteiger partial charge in [0, 0.05) is 45.1 Å². The number of Topliss-reactive ketones (excluding diaryl/α,β-unsaturated/α-hetero) is 1. The number of nitrogens with zero attached hydrogens (tertiary/aromatic N) is 4. The van der Waals surface area contributed by atoms with E-state index in [1.807, 2.05) is 13.8 Å². The van der Waals surface area contributed by atoms with Gasteiger partial charge >= 0.3 is 24.1 Å². The van der Waals surface area contributed by atoms with E-state index in [-0.39, 0.29) is 75.1 Å². The van der Waals surface area contributed by atoms with Crippen LogP contribution < -0.4 is 26.0 Å². The number of aliphatic carboxylic acids is 1. The summed E-state index contributed by atoms with van der Waals surface area (Å²) in [5.74, 6) is -11.3. The molecule has 0 aromatic heterocycles. The highest BCUT2D eigenvalue weighted by Gasteiger charge is 2.46. The van der Waals surface area contributed by atoms with E-state index in [0.29, 0.717) is 30.6 Å². The fourth-order valence-electron chi connectivity index (χ4n) is 11.4.